The maximum Gasteiger partial charge on any atom is 0.490 e. The van der Waals surface area contributed by atoms with Gasteiger partial charge in [-0.1, -0.05) is 19.1 Å². The summed E-state index contributed by atoms with van der Waals surface area (Å²) in [5, 5.41) is 24.3. The van der Waals surface area contributed by atoms with Gasteiger partial charge in [-0.15, -0.1) is 0 Å². The van der Waals surface area contributed by atoms with Gasteiger partial charge in [0.15, 0.2) is 6.23 Å². The van der Waals surface area contributed by atoms with Gasteiger partial charge in [0.25, 0.3) is 5.56 Å². The number of carbonyl (C=O) groups is 2. The van der Waals surface area contributed by atoms with E-state index in [9.17, 15) is 57.7 Å². The number of benzene rings is 1. The minimum Gasteiger partial charge on any atom is -0.462 e. The monoisotopic (exact) mass is 922 g/mol. The minimum absolute atomic E-state index is 0.0459. The van der Waals surface area contributed by atoms with Crippen molar-refractivity contribution in [2.45, 2.75) is 83.0 Å². The molecular formula is C34H45N4O20P3. The number of phosphoric ester groups is 1. The molecule has 7 atom stereocenters. The van der Waals surface area contributed by atoms with Crippen LogP contribution in [-0.2, 0) is 41.1 Å². The highest BCUT2D eigenvalue weighted by Crippen LogP contribution is 2.66. The number of aromatic nitrogens is 2. The largest absolute Gasteiger partial charge is 0.490 e. The number of fused-ring (bicyclic) bond motifs is 2. The van der Waals surface area contributed by atoms with E-state index in [0.717, 1.165) is 23.9 Å². The number of aromatic amines is 1. The maximum absolute atomic E-state index is 12.8. The number of phosphoric acid groups is 3. The highest BCUT2D eigenvalue weighted by atomic mass is 31.3. The number of hydrogen-bond acceptors (Lipinski definition) is 17. The molecule has 0 saturated carbocycles. The number of aliphatic hydroxyl groups excluding tert-OH is 2. The molecule has 2 aliphatic heterocycles. The summed E-state index contributed by atoms with van der Waals surface area (Å²) in [4.78, 5) is 103. The molecule has 0 bridgehead atoms. The van der Waals surface area contributed by atoms with Gasteiger partial charge in [-0.25, -0.2) is 28.1 Å². The molecule has 2 aromatic heterocycles. The Kier molecular flexibility index (Phi) is 14.7. The molecule has 336 valence electrons. The summed E-state index contributed by atoms with van der Waals surface area (Å²) in [6.45, 7) is 7.25. The quantitative estimate of drug-likeness (QED) is 0.0540. The van der Waals surface area contributed by atoms with Crippen LogP contribution in [0.5, 0.6) is 0 Å². The van der Waals surface area contributed by atoms with Gasteiger partial charge in [-0.3, -0.25) is 23.7 Å². The molecule has 1 saturated heterocycles. The molecule has 1 fully saturated rings. The molecule has 0 aliphatic carbocycles. The number of esters is 1. The van der Waals surface area contributed by atoms with E-state index in [0.29, 0.717) is 28.5 Å². The van der Waals surface area contributed by atoms with Crippen molar-refractivity contribution in [1.82, 2.24) is 14.9 Å². The van der Waals surface area contributed by atoms with E-state index in [1.165, 1.54) is 18.2 Å². The van der Waals surface area contributed by atoms with Crippen molar-refractivity contribution >= 4 is 58.1 Å². The van der Waals surface area contributed by atoms with Gasteiger partial charge in [-0.2, -0.15) is 8.62 Å². The van der Waals surface area contributed by atoms with Crippen molar-refractivity contribution in [1.29, 1.82) is 0 Å². The normalized spacial score (nSPS) is 23.4. The second-order valence-electron chi connectivity index (χ2n) is 14.7. The third-order valence-corrected chi connectivity index (χ3v) is 13.5. The zero-order valence-electron chi connectivity index (χ0n) is 32.9. The molecule has 61 heavy (non-hydrogen) atoms. The van der Waals surface area contributed by atoms with E-state index in [2.05, 4.69) is 44.1 Å². The summed E-state index contributed by atoms with van der Waals surface area (Å²) in [5.74, 6) is -0.960. The Labute approximate surface area is 345 Å². The zero-order chi connectivity index (χ0) is 45.2. The van der Waals surface area contributed by atoms with Gasteiger partial charge in [0, 0.05) is 48.4 Å². The molecule has 2 aliphatic rings. The third kappa shape index (κ3) is 11.9. The zero-order valence-corrected chi connectivity index (χ0v) is 35.6. The fourth-order valence-corrected chi connectivity index (χ4v) is 10.1. The van der Waals surface area contributed by atoms with E-state index < -0.39 is 77.5 Å². The molecule has 5 rings (SSSR count). The number of ether oxygens (including phenoxy) is 2. The number of aliphatic hydroxyl groups is 2. The lowest BCUT2D eigenvalue weighted by molar-refractivity contribution is -0.120. The summed E-state index contributed by atoms with van der Waals surface area (Å²) < 4.78 is 62.7. The van der Waals surface area contributed by atoms with Crippen LogP contribution in [-0.4, -0.2) is 101 Å². The fraction of sp³-hybridized carbons (Fsp3) is 0.500. The molecule has 1 amide bonds. The molecule has 3 aromatic rings. The maximum atomic E-state index is 12.8. The first-order valence-corrected chi connectivity index (χ1v) is 23.0. The van der Waals surface area contributed by atoms with Crippen molar-refractivity contribution < 1.29 is 80.1 Å². The summed E-state index contributed by atoms with van der Waals surface area (Å²) in [5.41, 5.74) is -1.34. The van der Waals surface area contributed by atoms with E-state index in [4.69, 9.17) is 23.7 Å². The standard InChI is InChI=1S/C34H45N4O20P3/c1-5-53-31(43)22-13-20-12-21-18(2)15-34(3,4)38(23(21)14-24(20)56-32(22)44)11-7-9-26(39)35-10-6-8-19-16-37(33(45)36-29(19)42)30-28(41)27(40)25(55-30)17-54-60(49,50)58-61(51,52)57-59(46,47)48/h6,8,12-14,16,18,25,27-28,30,40-41H,5,7,9-11,15,17H2,1-4H3,(H,35,39)(H,49,50)(H,51,52)(H,36,42,45)(H2,46,47,48)/b8-6+/t18?,25-,27-,28-,30-/m1/s1. The van der Waals surface area contributed by atoms with Crippen molar-refractivity contribution in [2.75, 3.05) is 31.2 Å². The van der Waals surface area contributed by atoms with Crippen LogP contribution in [0.3, 0.4) is 0 Å². The number of nitrogens with zero attached hydrogens (tertiary/aromatic N) is 2. The van der Waals surface area contributed by atoms with Gasteiger partial charge in [0.1, 0.15) is 29.5 Å². The smallest absolute Gasteiger partial charge is 0.462 e. The van der Waals surface area contributed by atoms with Crippen LogP contribution < -0.4 is 27.1 Å². The van der Waals surface area contributed by atoms with Gasteiger partial charge in [-0.05, 0) is 57.2 Å². The molecular weight excluding hydrogens is 877 g/mol. The molecule has 4 heterocycles. The molecule has 1 aromatic carbocycles. The fourth-order valence-electron chi connectivity index (χ4n) is 7.09. The number of nitrogens with one attached hydrogen (secondary N) is 2. The molecule has 8 N–H and O–H groups in total. The average Bonchev–Trinajstić information content (AvgIpc) is 3.40. The number of carbonyl (C=O) groups excluding carboxylic acids is 2. The predicted octanol–water partition coefficient (Wildman–Crippen LogP) is 1.48. The van der Waals surface area contributed by atoms with Crippen LogP contribution in [0.4, 0.5) is 5.69 Å². The van der Waals surface area contributed by atoms with Gasteiger partial charge < -0.3 is 53.9 Å². The molecule has 3 unspecified atom stereocenters. The molecule has 27 heteroatoms. The minimum atomic E-state index is -5.84. The summed E-state index contributed by atoms with van der Waals surface area (Å²) in [6, 6.07) is 5.14. The van der Waals surface area contributed by atoms with E-state index >= 15 is 0 Å². The number of hydrogen-bond donors (Lipinski definition) is 8. The van der Waals surface area contributed by atoms with E-state index in [-0.39, 0.29) is 48.1 Å². The Bertz CT molecular complexity index is 2510. The lowest BCUT2D eigenvalue weighted by atomic mass is 9.79. The van der Waals surface area contributed by atoms with Crippen molar-refractivity contribution in [2.24, 2.45) is 0 Å². The van der Waals surface area contributed by atoms with Gasteiger partial charge >= 0.3 is 40.8 Å². The SMILES string of the molecule is CCOC(=O)c1cc2cc3c(cc2oc1=O)N(CCCC(=O)NC/C=C/c1cn([C@@H]2O[C@H](COP(=O)(O)OP(=O)(O)OP(=O)(O)O)[C@@H](O)[C@H]2O)c(=O)[nH]c1=O)C(C)(C)CC3C. The van der Waals surface area contributed by atoms with Crippen LogP contribution >= 0.6 is 23.5 Å². The summed E-state index contributed by atoms with van der Waals surface area (Å²) in [6.07, 6.45) is -2.30. The Morgan fingerprint density at radius 3 is 2.41 bits per heavy atom. The lowest BCUT2D eigenvalue weighted by Gasteiger charge is -2.47. The first kappa shape index (κ1) is 47.9. The van der Waals surface area contributed by atoms with Crippen LogP contribution in [0.2, 0.25) is 0 Å². The highest BCUT2D eigenvalue weighted by molar-refractivity contribution is 7.66. The second-order valence-corrected chi connectivity index (χ2v) is 19.1. The van der Waals surface area contributed by atoms with Crippen LogP contribution in [0.1, 0.15) is 80.6 Å². The number of anilines is 1. The Morgan fingerprint density at radius 1 is 1.03 bits per heavy atom. The van der Waals surface area contributed by atoms with Crippen LogP contribution in [0.15, 0.2) is 49.3 Å². The Hall–Kier alpha value is -4.12. The first-order valence-electron chi connectivity index (χ1n) is 18.5. The molecule has 24 nitrogen and oxygen atoms in total. The number of H-pyrrole nitrogens is 1. The highest BCUT2D eigenvalue weighted by Gasteiger charge is 2.47. The van der Waals surface area contributed by atoms with Gasteiger partial charge in [0.2, 0.25) is 5.91 Å². The van der Waals surface area contributed by atoms with Crippen LogP contribution in [0.25, 0.3) is 17.0 Å². The predicted molar refractivity (Wildman–Crippen MR) is 211 cm³/mol. The Morgan fingerprint density at radius 2 is 1.74 bits per heavy atom. The number of amides is 1. The second kappa shape index (κ2) is 18.7. The van der Waals surface area contributed by atoms with E-state index in [1.807, 2.05) is 11.1 Å². The van der Waals surface area contributed by atoms with Crippen molar-refractivity contribution in [3.05, 3.63) is 78.4 Å². The topological polar surface area (TPSA) is 353 Å². The van der Waals surface area contributed by atoms with Crippen molar-refractivity contribution in [3.8, 4) is 0 Å². The first-order chi connectivity index (χ1) is 28.3. The average molecular weight is 923 g/mol. The Balaban J connectivity index is 1.18. The van der Waals surface area contributed by atoms with Crippen LogP contribution in [0, 0.1) is 0 Å². The summed E-state index contributed by atoms with van der Waals surface area (Å²) in [7, 11) is -17.1. The summed E-state index contributed by atoms with van der Waals surface area (Å²) >= 11 is 0. The van der Waals surface area contributed by atoms with Crippen molar-refractivity contribution in [3.63, 3.8) is 0 Å². The molecule has 0 radical (unpaired) electrons. The third-order valence-electron chi connectivity index (χ3n) is 9.66. The molecule has 0 spiro atoms. The lowest BCUT2D eigenvalue weighted by Crippen LogP contribution is -2.49. The number of rotatable bonds is 17. The van der Waals surface area contributed by atoms with Gasteiger partial charge in [0.05, 0.1) is 18.8 Å². The van der Waals surface area contributed by atoms with E-state index in [1.54, 1.807) is 13.0 Å².